The summed E-state index contributed by atoms with van der Waals surface area (Å²) < 4.78 is 0. The molecule has 0 aromatic carbocycles. The Balaban J connectivity index is 2.04. The van der Waals surface area contributed by atoms with Crippen LogP contribution in [-0.2, 0) is 6.54 Å². The van der Waals surface area contributed by atoms with E-state index >= 15 is 0 Å². The van der Waals surface area contributed by atoms with Crippen molar-refractivity contribution in [2.45, 2.75) is 31.7 Å². The molecule has 0 radical (unpaired) electrons. The third kappa shape index (κ3) is 3.13. The number of anilines is 1. The van der Waals surface area contributed by atoms with Crippen LogP contribution in [-0.4, -0.2) is 40.5 Å². The molecule has 2 unspecified atom stereocenters. The van der Waals surface area contributed by atoms with Crippen LogP contribution in [0.1, 0.15) is 19.5 Å². The van der Waals surface area contributed by atoms with Crippen molar-refractivity contribution < 1.29 is 0 Å². The topological polar surface area (TPSA) is 28.2 Å². The Kier molecular flexibility index (Phi) is 4.29. The van der Waals surface area contributed by atoms with Gasteiger partial charge < -0.3 is 5.32 Å². The Morgan fingerprint density at radius 1 is 1.53 bits per heavy atom. The highest BCUT2D eigenvalue weighted by Crippen LogP contribution is 2.25. The van der Waals surface area contributed by atoms with E-state index in [2.05, 4.69) is 46.9 Å². The molecule has 4 heteroatoms. The fraction of sp³-hybridized carbons (Fsp3) is 0.615. The van der Waals surface area contributed by atoms with Gasteiger partial charge in [-0.2, -0.15) is 11.8 Å². The van der Waals surface area contributed by atoms with Gasteiger partial charge in [0.25, 0.3) is 0 Å². The van der Waals surface area contributed by atoms with Gasteiger partial charge >= 0.3 is 0 Å². The van der Waals surface area contributed by atoms with E-state index in [4.69, 9.17) is 0 Å². The summed E-state index contributed by atoms with van der Waals surface area (Å²) in [5.41, 5.74) is 2.30. The molecule has 2 rings (SSSR count). The van der Waals surface area contributed by atoms with E-state index in [9.17, 15) is 0 Å². The Morgan fingerprint density at radius 2 is 2.35 bits per heavy atom. The minimum absolute atomic E-state index is 0.633. The first-order valence-electron chi connectivity index (χ1n) is 6.19. The van der Waals surface area contributed by atoms with Crippen LogP contribution in [0, 0.1) is 0 Å². The molecule has 17 heavy (non-hydrogen) atoms. The smallest absolute Gasteiger partial charge is 0.0564 e. The van der Waals surface area contributed by atoms with Crippen molar-refractivity contribution in [3.63, 3.8) is 0 Å². The normalized spacial score (nSPS) is 25.8. The molecule has 1 aliphatic rings. The Morgan fingerprint density at radius 3 is 3.12 bits per heavy atom. The number of hydrogen-bond acceptors (Lipinski definition) is 4. The number of aromatic nitrogens is 1. The van der Waals surface area contributed by atoms with Crippen molar-refractivity contribution in [2.75, 3.05) is 24.7 Å². The summed E-state index contributed by atoms with van der Waals surface area (Å²) in [4.78, 5) is 6.98. The summed E-state index contributed by atoms with van der Waals surface area (Å²) in [5, 5.41) is 3.88. The summed E-state index contributed by atoms with van der Waals surface area (Å²) in [5.74, 6) is 1.23. The van der Waals surface area contributed by atoms with Crippen LogP contribution < -0.4 is 5.32 Å². The average molecular weight is 251 g/mol. The van der Waals surface area contributed by atoms with Gasteiger partial charge in [-0.05, 0) is 19.1 Å². The molecule has 0 spiro atoms. The standard InChI is InChI=1S/C13H21N3S/c1-10-11(2)17-7-6-16(10)9-13-8-12(14-3)4-5-15-13/h4-5,8,10-11H,6-7,9H2,1-3H3,(H,14,15). The second-order valence-electron chi connectivity index (χ2n) is 4.57. The molecule has 0 aliphatic carbocycles. The second kappa shape index (κ2) is 5.74. The van der Waals surface area contributed by atoms with E-state index in [1.165, 1.54) is 12.3 Å². The maximum atomic E-state index is 4.45. The van der Waals surface area contributed by atoms with Gasteiger partial charge in [0.2, 0.25) is 0 Å². The maximum Gasteiger partial charge on any atom is 0.0564 e. The van der Waals surface area contributed by atoms with E-state index in [1.54, 1.807) is 0 Å². The third-order valence-corrected chi connectivity index (χ3v) is 4.82. The van der Waals surface area contributed by atoms with E-state index in [0.29, 0.717) is 6.04 Å². The van der Waals surface area contributed by atoms with Crippen LogP contribution in [0.4, 0.5) is 5.69 Å². The molecule has 1 aliphatic heterocycles. The van der Waals surface area contributed by atoms with E-state index in [-0.39, 0.29) is 0 Å². The lowest BCUT2D eigenvalue weighted by atomic mass is 10.2. The lowest BCUT2D eigenvalue weighted by Crippen LogP contribution is -2.44. The second-order valence-corrected chi connectivity index (χ2v) is 6.06. The predicted molar refractivity (Wildman–Crippen MR) is 75.6 cm³/mol. The monoisotopic (exact) mass is 251 g/mol. The maximum absolute atomic E-state index is 4.45. The van der Waals surface area contributed by atoms with Gasteiger partial charge in [0.1, 0.15) is 0 Å². The van der Waals surface area contributed by atoms with Gasteiger partial charge in [-0.3, -0.25) is 9.88 Å². The number of rotatable bonds is 3. The molecule has 2 atom stereocenters. The molecule has 0 amide bonds. The molecule has 1 aromatic heterocycles. The lowest BCUT2D eigenvalue weighted by Gasteiger charge is -2.37. The zero-order valence-electron chi connectivity index (χ0n) is 10.8. The van der Waals surface area contributed by atoms with Crippen LogP contribution >= 0.6 is 11.8 Å². The minimum atomic E-state index is 0.633. The predicted octanol–water partition coefficient (Wildman–Crippen LogP) is 2.45. The fourth-order valence-corrected chi connectivity index (χ4v) is 3.31. The zero-order valence-corrected chi connectivity index (χ0v) is 11.6. The summed E-state index contributed by atoms with van der Waals surface area (Å²) in [6.07, 6.45) is 1.88. The molecule has 1 saturated heterocycles. The van der Waals surface area contributed by atoms with E-state index in [0.717, 1.165) is 23.2 Å². The molecule has 1 fully saturated rings. The van der Waals surface area contributed by atoms with Crippen LogP contribution in [0.25, 0.3) is 0 Å². The molecule has 0 bridgehead atoms. The third-order valence-electron chi connectivity index (χ3n) is 3.48. The highest BCUT2D eigenvalue weighted by Gasteiger charge is 2.25. The highest BCUT2D eigenvalue weighted by atomic mass is 32.2. The lowest BCUT2D eigenvalue weighted by molar-refractivity contribution is 0.202. The molecule has 1 N–H and O–H groups in total. The molecule has 94 valence electrons. The average Bonchev–Trinajstić information content (AvgIpc) is 2.35. The van der Waals surface area contributed by atoms with Gasteiger partial charge in [0.15, 0.2) is 0 Å². The van der Waals surface area contributed by atoms with Gasteiger partial charge in [0.05, 0.1) is 5.69 Å². The number of nitrogens with zero attached hydrogens (tertiary/aromatic N) is 2. The largest absolute Gasteiger partial charge is 0.388 e. The highest BCUT2D eigenvalue weighted by molar-refractivity contribution is 8.00. The van der Waals surface area contributed by atoms with Crippen LogP contribution in [0.5, 0.6) is 0 Å². The SMILES string of the molecule is CNc1ccnc(CN2CCSC(C)C2C)c1. The summed E-state index contributed by atoms with van der Waals surface area (Å²) in [6, 6.07) is 4.77. The molecule has 2 heterocycles. The first kappa shape index (κ1) is 12.7. The Hall–Kier alpha value is -0.740. The number of hydrogen-bond donors (Lipinski definition) is 1. The number of pyridine rings is 1. The van der Waals surface area contributed by atoms with Crippen LogP contribution in [0.2, 0.25) is 0 Å². The summed E-state index contributed by atoms with van der Waals surface area (Å²) in [6.45, 7) is 6.76. The van der Waals surface area contributed by atoms with Crippen molar-refractivity contribution in [3.05, 3.63) is 24.0 Å². The fourth-order valence-electron chi connectivity index (χ4n) is 2.15. The molecular formula is C13H21N3S. The van der Waals surface area contributed by atoms with Gasteiger partial charge in [-0.15, -0.1) is 0 Å². The molecular weight excluding hydrogens is 230 g/mol. The van der Waals surface area contributed by atoms with E-state index < -0.39 is 0 Å². The van der Waals surface area contributed by atoms with Crippen molar-refractivity contribution in [1.82, 2.24) is 9.88 Å². The Labute approximate surface area is 108 Å². The summed E-state index contributed by atoms with van der Waals surface area (Å²) in [7, 11) is 1.95. The van der Waals surface area contributed by atoms with Crippen molar-refractivity contribution in [3.8, 4) is 0 Å². The molecule has 1 aromatic rings. The quantitative estimate of drug-likeness (QED) is 0.893. The van der Waals surface area contributed by atoms with E-state index in [1.807, 2.05) is 19.3 Å². The zero-order chi connectivity index (χ0) is 12.3. The van der Waals surface area contributed by atoms with Crippen LogP contribution in [0.15, 0.2) is 18.3 Å². The number of nitrogens with one attached hydrogen (secondary N) is 1. The van der Waals surface area contributed by atoms with Crippen molar-refractivity contribution >= 4 is 17.4 Å². The van der Waals surface area contributed by atoms with Crippen molar-refractivity contribution in [1.29, 1.82) is 0 Å². The minimum Gasteiger partial charge on any atom is -0.388 e. The van der Waals surface area contributed by atoms with Gasteiger partial charge in [0, 0.05) is 49.1 Å². The number of thioether (sulfide) groups is 1. The van der Waals surface area contributed by atoms with Gasteiger partial charge in [-0.1, -0.05) is 6.92 Å². The van der Waals surface area contributed by atoms with Crippen LogP contribution in [0.3, 0.4) is 0 Å². The van der Waals surface area contributed by atoms with Gasteiger partial charge in [-0.25, -0.2) is 0 Å². The first-order chi connectivity index (χ1) is 8.20. The molecule has 3 nitrogen and oxygen atoms in total. The molecule has 0 saturated carbocycles. The first-order valence-corrected chi connectivity index (χ1v) is 7.24. The van der Waals surface area contributed by atoms with Crippen molar-refractivity contribution in [2.24, 2.45) is 0 Å². The Bertz CT molecular complexity index is 369. The summed E-state index contributed by atoms with van der Waals surface area (Å²) >= 11 is 2.07.